The number of nitrogens with one attached hydrogen (secondary N) is 2. The molecule has 2 aromatic rings. The molecule has 0 aliphatic carbocycles. The highest BCUT2D eigenvalue weighted by atomic mass is 32.2. The third-order valence-corrected chi connectivity index (χ3v) is 6.28. The van der Waals surface area contributed by atoms with E-state index in [1.54, 1.807) is 6.07 Å². The minimum Gasteiger partial charge on any atom is -0.312 e. The van der Waals surface area contributed by atoms with Crippen LogP contribution in [0.25, 0.3) is 10.2 Å². The summed E-state index contributed by atoms with van der Waals surface area (Å²) >= 11 is 2.16. The Labute approximate surface area is 122 Å². The van der Waals surface area contributed by atoms with Gasteiger partial charge in [0, 0.05) is 5.75 Å². The maximum absolute atomic E-state index is 12.2. The molecule has 1 fully saturated rings. The zero-order valence-electron chi connectivity index (χ0n) is 10.1. The van der Waals surface area contributed by atoms with Gasteiger partial charge < -0.3 is 4.98 Å². The van der Waals surface area contributed by atoms with E-state index in [1.807, 2.05) is 0 Å². The van der Waals surface area contributed by atoms with Crippen molar-refractivity contribution >= 4 is 48.5 Å². The molecule has 106 valence electrons. The third kappa shape index (κ3) is 2.53. The van der Waals surface area contributed by atoms with Gasteiger partial charge >= 0.3 is 4.87 Å². The first kappa shape index (κ1) is 13.8. The molecule has 6 nitrogen and oxygen atoms in total. The first-order chi connectivity index (χ1) is 9.45. The van der Waals surface area contributed by atoms with Crippen LogP contribution in [0.1, 0.15) is 6.42 Å². The van der Waals surface area contributed by atoms with E-state index < -0.39 is 16.1 Å². The summed E-state index contributed by atoms with van der Waals surface area (Å²) in [6.07, 6.45) is 0.500. The lowest BCUT2D eigenvalue weighted by Crippen LogP contribution is -2.37. The van der Waals surface area contributed by atoms with Crippen molar-refractivity contribution in [3.8, 4) is 0 Å². The largest absolute Gasteiger partial charge is 0.312 e. The molecule has 1 aliphatic heterocycles. The Morgan fingerprint density at radius 3 is 2.80 bits per heavy atom. The summed E-state index contributed by atoms with van der Waals surface area (Å²) in [7, 11) is -3.76. The van der Waals surface area contributed by atoms with Crippen molar-refractivity contribution in [2.45, 2.75) is 17.4 Å². The van der Waals surface area contributed by atoms with Gasteiger partial charge in [-0.2, -0.15) is 4.72 Å². The van der Waals surface area contributed by atoms with Crippen molar-refractivity contribution in [1.29, 1.82) is 0 Å². The second-order valence-corrected chi connectivity index (χ2v) is 8.13. The molecule has 2 N–H and O–H groups in total. The normalized spacial score (nSPS) is 19.8. The van der Waals surface area contributed by atoms with Crippen LogP contribution in [0, 0.1) is 0 Å². The molecular formula is C11H10N2O4S3. The number of aromatic nitrogens is 1. The minimum absolute atomic E-state index is 0.0451. The Morgan fingerprint density at radius 1 is 1.30 bits per heavy atom. The van der Waals surface area contributed by atoms with Gasteiger partial charge in [0.05, 0.1) is 21.2 Å². The third-order valence-electron chi connectivity index (χ3n) is 2.93. The Hall–Kier alpha value is -1.16. The van der Waals surface area contributed by atoms with Crippen molar-refractivity contribution in [1.82, 2.24) is 9.71 Å². The van der Waals surface area contributed by atoms with Crippen LogP contribution in [0.5, 0.6) is 0 Å². The van der Waals surface area contributed by atoms with Gasteiger partial charge in [-0.15, -0.1) is 0 Å². The topological polar surface area (TPSA) is 96.1 Å². The molecule has 1 aromatic heterocycles. The van der Waals surface area contributed by atoms with Crippen LogP contribution in [0.2, 0.25) is 0 Å². The van der Waals surface area contributed by atoms with E-state index in [0.717, 1.165) is 23.1 Å². The van der Waals surface area contributed by atoms with Gasteiger partial charge in [0.2, 0.25) is 15.1 Å². The Balaban J connectivity index is 1.95. The highest BCUT2D eigenvalue weighted by Gasteiger charge is 2.30. The molecule has 0 amide bonds. The molecule has 1 aromatic carbocycles. The van der Waals surface area contributed by atoms with Crippen LogP contribution in [-0.4, -0.2) is 30.3 Å². The number of thioether (sulfide) groups is 1. The molecule has 9 heteroatoms. The number of aromatic amines is 1. The van der Waals surface area contributed by atoms with Gasteiger partial charge in [-0.25, -0.2) is 8.42 Å². The van der Waals surface area contributed by atoms with Crippen molar-refractivity contribution < 1.29 is 13.2 Å². The van der Waals surface area contributed by atoms with Gasteiger partial charge in [0.15, 0.2) is 0 Å². The highest BCUT2D eigenvalue weighted by Crippen LogP contribution is 2.23. The molecule has 1 aliphatic rings. The lowest BCUT2D eigenvalue weighted by Gasteiger charge is -2.10. The number of benzene rings is 1. The standard InChI is InChI=1S/C11H10N2O4S3/c14-10-7(3-4-18-10)13-20(16,17)6-1-2-9-8(5-6)12-11(15)19-9/h1-2,5,7,13H,3-4H2,(H,12,15). The summed E-state index contributed by atoms with van der Waals surface area (Å²) < 4.78 is 27.5. The Morgan fingerprint density at radius 2 is 2.10 bits per heavy atom. The predicted octanol–water partition coefficient (Wildman–Crippen LogP) is 0.900. The SMILES string of the molecule is O=C1SCCC1NS(=O)(=O)c1ccc2sc(=O)[nH]c2c1. The van der Waals surface area contributed by atoms with Gasteiger partial charge in [0.1, 0.15) is 0 Å². The number of carbonyl (C=O) groups is 1. The smallest absolute Gasteiger partial charge is 0.305 e. The number of sulfonamides is 1. The maximum atomic E-state index is 12.2. The van der Waals surface area contributed by atoms with Crippen molar-refractivity contribution in [2.24, 2.45) is 0 Å². The van der Waals surface area contributed by atoms with Gasteiger partial charge in [0.25, 0.3) is 0 Å². The number of fused-ring (bicyclic) bond motifs is 1. The number of hydrogen-bond acceptors (Lipinski definition) is 6. The quantitative estimate of drug-likeness (QED) is 0.872. The van der Waals surface area contributed by atoms with Crippen LogP contribution in [-0.2, 0) is 14.8 Å². The number of hydrogen-bond donors (Lipinski definition) is 2. The summed E-state index contributed by atoms with van der Waals surface area (Å²) in [5, 5.41) is -0.154. The molecule has 1 unspecified atom stereocenters. The van der Waals surface area contributed by atoms with E-state index in [0.29, 0.717) is 22.4 Å². The zero-order valence-corrected chi connectivity index (χ0v) is 12.5. The van der Waals surface area contributed by atoms with E-state index in [2.05, 4.69) is 9.71 Å². The van der Waals surface area contributed by atoms with E-state index in [9.17, 15) is 18.0 Å². The molecule has 0 bridgehead atoms. The molecule has 20 heavy (non-hydrogen) atoms. The summed E-state index contributed by atoms with van der Waals surface area (Å²) in [4.78, 5) is 25.1. The van der Waals surface area contributed by atoms with Crippen LogP contribution < -0.4 is 9.60 Å². The monoisotopic (exact) mass is 330 g/mol. The van der Waals surface area contributed by atoms with E-state index in [4.69, 9.17) is 0 Å². The molecule has 1 saturated heterocycles. The highest BCUT2D eigenvalue weighted by molar-refractivity contribution is 8.14. The first-order valence-corrected chi connectivity index (χ1v) is 9.06. The lowest BCUT2D eigenvalue weighted by molar-refractivity contribution is -0.111. The second kappa shape index (κ2) is 4.99. The fourth-order valence-electron chi connectivity index (χ4n) is 1.96. The number of thiazole rings is 1. The summed E-state index contributed by atoms with van der Waals surface area (Å²) in [6.45, 7) is 0. The lowest BCUT2D eigenvalue weighted by atomic mass is 10.3. The van der Waals surface area contributed by atoms with Crippen molar-refractivity contribution in [3.05, 3.63) is 27.9 Å². The molecule has 2 heterocycles. The van der Waals surface area contributed by atoms with E-state index in [-0.39, 0.29) is 14.9 Å². The number of rotatable bonds is 3. The van der Waals surface area contributed by atoms with Crippen LogP contribution in [0.15, 0.2) is 27.9 Å². The molecule has 0 spiro atoms. The fraction of sp³-hybridized carbons (Fsp3) is 0.273. The van der Waals surface area contributed by atoms with Crippen molar-refractivity contribution in [3.63, 3.8) is 0 Å². The van der Waals surface area contributed by atoms with Crippen LogP contribution in [0.4, 0.5) is 0 Å². The predicted molar refractivity (Wildman–Crippen MR) is 78.6 cm³/mol. The Kier molecular flexibility index (Phi) is 3.44. The second-order valence-electron chi connectivity index (χ2n) is 4.30. The summed E-state index contributed by atoms with van der Waals surface area (Å²) in [6, 6.07) is 3.75. The number of H-pyrrole nitrogens is 1. The summed E-state index contributed by atoms with van der Waals surface area (Å²) in [5.74, 6) is 0.628. The van der Waals surface area contributed by atoms with Crippen LogP contribution in [0.3, 0.4) is 0 Å². The van der Waals surface area contributed by atoms with Gasteiger partial charge in [-0.3, -0.25) is 9.59 Å². The van der Waals surface area contributed by atoms with Crippen LogP contribution >= 0.6 is 23.1 Å². The van der Waals surface area contributed by atoms with E-state index >= 15 is 0 Å². The first-order valence-electron chi connectivity index (χ1n) is 5.77. The number of carbonyl (C=O) groups excluding carboxylic acids is 1. The molecule has 3 rings (SSSR count). The molecular weight excluding hydrogens is 320 g/mol. The maximum Gasteiger partial charge on any atom is 0.305 e. The zero-order chi connectivity index (χ0) is 14.3. The van der Waals surface area contributed by atoms with Gasteiger partial charge in [-0.05, 0) is 24.6 Å². The summed E-state index contributed by atoms with van der Waals surface area (Å²) in [5.41, 5.74) is 0.481. The minimum atomic E-state index is -3.76. The Bertz CT molecular complexity index is 837. The fourth-order valence-corrected chi connectivity index (χ4v) is 4.94. The van der Waals surface area contributed by atoms with E-state index in [1.165, 1.54) is 12.1 Å². The van der Waals surface area contributed by atoms with Gasteiger partial charge in [-0.1, -0.05) is 23.1 Å². The van der Waals surface area contributed by atoms with Crippen molar-refractivity contribution in [2.75, 3.05) is 5.75 Å². The molecule has 0 saturated carbocycles. The average Bonchev–Trinajstić information content (AvgIpc) is 2.93. The molecule has 0 radical (unpaired) electrons. The molecule has 1 atom stereocenters. The average molecular weight is 330 g/mol.